The lowest BCUT2D eigenvalue weighted by atomic mass is 10.3. The van der Waals surface area contributed by atoms with E-state index in [1.807, 2.05) is 13.0 Å². The van der Waals surface area contributed by atoms with Crippen LogP contribution in [0.25, 0.3) is 0 Å². The minimum Gasteiger partial charge on any atom is -0.380 e. The first-order chi connectivity index (χ1) is 8.74. The Balaban J connectivity index is 2.08. The second-order valence-electron chi connectivity index (χ2n) is 4.46. The summed E-state index contributed by atoms with van der Waals surface area (Å²) in [5, 5.41) is 0.539. The molecular formula is C13H20ClN3O. The Morgan fingerprint density at radius 3 is 2.78 bits per heavy atom. The molecule has 100 valence electrons. The number of halogens is 1. The predicted molar refractivity (Wildman–Crippen MR) is 73.4 cm³/mol. The maximum absolute atomic E-state index is 6.08. The molecule has 0 spiro atoms. The van der Waals surface area contributed by atoms with Gasteiger partial charge in [0.2, 0.25) is 0 Å². The van der Waals surface area contributed by atoms with Crippen molar-refractivity contribution in [2.75, 3.05) is 31.2 Å². The molecule has 0 radical (unpaired) electrons. The fourth-order valence-electron chi connectivity index (χ4n) is 1.86. The smallest absolute Gasteiger partial charge is 0.135 e. The van der Waals surface area contributed by atoms with Crippen LogP contribution in [0.3, 0.4) is 0 Å². The molecule has 0 unspecified atom stereocenters. The molecule has 0 N–H and O–H groups in total. The predicted octanol–water partition coefficient (Wildman–Crippen LogP) is 2.87. The number of anilines is 1. The van der Waals surface area contributed by atoms with E-state index < -0.39 is 0 Å². The molecule has 4 nitrogen and oxygen atoms in total. The average molecular weight is 270 g/mol. The van der Waals surface area contributed by atoms with Gasteiger partial charge in [-0.3, -0.25) is 0 Å². The summed E-state index contributed by atoms with van der Waals surface area (Å²) in [4.78, 5) is 11.1. The molecule has 5 heteroatoms. The molecule has 1 fully saturated rings. The summed E-state index contributed by atoms with van der Waals surface area (Å²) in [5.41, 5.74) is 0. The van der Waals surface area contributed by atoms with E-state index in [0.29, 0.717) is 17.7 Å². The van der Waals surface area contributed by atoms with Crippen molar-refractivity contribution in [3.8, 4) is 0 Å². The van der Waals surface area contributed by atoms with Gasteiger partial charge in [-0.25, -0.2) is 9.97 Å². The highest BCUT2D eigenvalue weighted by atomic mass is 35.5. The highest BCUT2D eigenvalue weighted by Crippen LogP contribution is 2.39. The van der Waals surface area contributed by atoms with Gasteiger partial charge in [0.25, 0.3) is 0 Å². The molecule has 1 aliphatic carbocycles. The number of likely N-dealkylation sites (N-methyl/N-ethyl adjacent to an activating group) is 1. The first-order valence-electron chi connectivity index (χ1n) is 6.61. The Hall–Kier alpha value is -0.870. The molecule has 18 heavy (non-hydrogen) atoms. The van der Waals surface area contributed by atoms with E-state index in [-0.39, 0.29) is 0 Å². The maximum Gasteiger partial charge on any atom is 0.135 e. The largest absolute Gasteiger partial charge is 0.380 e. The Kier molecular flexibility index (Phi) is 4.78. The molecular weight excluding hydrogens is 250 g/mol. The summed E-state index contributed by atoms with van der Waals surface area (Å²) in [6.45, 7) is 7.30. The molecule has 0 atom stereocenters. The van der Waals surface area contributed by atoms with Gasteiger partial charge in [0.15, 0.2) is 0 Å². The first kappa shape index (κ1) is 13.6. The van der Waals surface area contributed by atoms with E-state index in [2.05, 4.69) is 21.8 Å². The van der Waals surface area contributed by atoms with Crippen LogP contribution in [0.15, 0.2) is 6.07 Å². The minimum atomic E-state index is 0.521. The summed E-state index contributed by atoms with van der Waals surface area (Å²) in [5.74, 6) is 2.33. The zero-order chi connectivity index (χ0) is 13.0. The van der Waals surface area contributed by atoms with E-state index in [1.165, 1.54) is 12.8 Å². The van der Waals surface area contributed by atoms with Gasteiger partial charge in [0.05, 0.1) is 6.61 Å². The van der Waals surface area contributed by atoms with E-state index >= 15 is 0 Å². The van der Waals surface area contributed by atoms with Crippen LogP contribution >= 0.6 is 11.6 Å². The molecule has 0 aromatic carbocycles. The standard InChI is InChI=1S/C13H20ClN3O/c1-3-17(7-8-18-4-2)12-9-11(14)15-13(16-12)10-5-6-10/h9-10H,3-8H2,1-2H3. The van der Waals surface area contributed by atoms with Crippen molar-refractivity contribution in [2.45, 2.75) is 32.6 Å². The van der Waals surface area contributed by atoms with Crippen LogP contribution in [0.2, 0.25) is 5.15 Å². The van der Waals surface area contributed by atoms with E-state index in [9.17, 15) is 0 Å². The summed E-state index contributed by atoms with van der Waals surface area (Å²) >= 11 is 6.08. The fraction of sp³-hybridized carbons (Fsp3) is 0.692. The van der Waals surface area contributed by atoms with Crippen LogP contribution in [-0.2, 0) is 4.74 Å². The maximum atomic E-state index is 6.08. The number of hydrogen-bond acceptors (Lipinski definition) is 4. The van der Waals surface area contributed by atoms with Crippen molar-refractivity contribution in [1.82, 2.24) is 9.97 Å². The second-order valence-corrected chi connectivity index (χ2v) is 4.85. The quantitative estimate of drug-likeness (QED) is 0.564. The fourth-order valence-corrected chi connectivity index (χ4v) is 2.05. The van der Waals surface area contributed by atoms with Gasteiger partial charge in [-0.1, -0.05) is 11.6 Å². The highest BCUT2D eigenvalue weighted by Gasteiger charge is 2.27. The van der Waals surface area contributed by atoms with Crippen molar-refractivity contribution in [3.63, 3.8) is 0 Å². The molecule has 0 bridgehead atoms. The number of ether oxygens (including phenoxy) is 1. The summed E-state index contributed by atoms with van der Waals surface area (Å²) in [6, 6.07) is 1.84. The van der Waals surface area contributed by atoms with Crippen LogP contribution in [0.1, 0.15) is 38.4 Å². The Bertz CT molecular complexity index is 396. The zero-order valence-corrected chi connectivity index (χ0v) is 11.8. The van der Waals surface area contributed by atoms with Gasteiger partial charge in [0, 0.05) is 31.7 Å². The summed E-state index contributed by atoms with van der Waals surface area (Å²) < 4.78 is 5.39. The van der Waals surface area contributed by atoms with E-state index in [0.717, 1.165) is 31.3 Å². The lowest BCUT2D eigenvalue weighted by molar-refractivity contribution is 0.154. The van der Waals surface area contributed by atoms with Gasteiger partial charge in [0.1, 0.15) is 16.8 Å². The molecule has 1 saturated carbocycles. The molecule has 0 aliphatic heterocycles. The Morgan fingerprint density at radius 1 is 1.39 bits per heavy atom. The van der Waals surface area contributed by atoms with Gasteiger partial charge < -0.3 is 9.64 Å². The number of hydrogen-bond donors (Lipinski definition) is 0. The third kappa shape index (κ3) is 3.56. The molecule has 0 amide bonds. The zero-order valence-electron chi connectivity index (χ0n) is 11.0. The Labute approximate surface area is 113 Å². The van der Waals surface area contributed by atoms with Crippen molar-refractivity contribution in [3.05, 3.63) is 17.0 Å². The van der Waals surface area contributed by atoms with Gasteiger partial charge in [-0.05, 0) is 26.7 Å². The van der Waals surface area contributed by atoms with Crippen LogP contribution < -0.4 is 4.90 Å². The lowest BCUT2D eigenvalue weighted by Crippen LogP contribution is -2.28. The highest BCUT2D eigenvalue weighted by molar-refractivity contribution is 6.29. The monoisotopic (exact) mass is 269 g/mol. The van der Waals surface area contributed by atoms with Crippen molar-refractivity contribution in [2.24, 2.45) is 0 Å². The third-order valence-corrected chi connectivity index (χ3v) is 3.25. The summed E-state index contributed by atoms with van der Waals surface area (Å²) in [7, 11) is 0. The van der Waals surface area contributed by atoms with Crippen molar-refractivity contribution in [1.29, 1.82) is 0 Å². The molecule has 1 aromatic rings. The van der Waals surface area contributed by atoms with E-state index in [4.69, 9.17) is 16.3 Å². The Morgan fingerprint density at radius 2 is 2.17 bits per heavy atom. The molecule has 1 aromatic heterocycles. The molecule has 0 saturated heterocycles. The van der Waals surface area contributed by atoms with Gasteiger partial charge in [-0.15, -0.1) is 0 Å². The van der Waals surface area contributed by atoms with Gasteiger partial charge >= 0.3 is 0 Å². The molecule has 2 rings (SSSR count). The topological polar surface area (TPSA) is 38.2 Å². The first-order valence-corrected chi connectivity index (χ1v) is 6.99. The van der Waals surface area contributed by atoms with Gasteiger partial charge in [-0.2, -0.15) is 0 Å². The van der Waals surface area contributed by atoms with E-state index in [1.54, 1.807) is 0 Å². The molecule has 1 heterocycles. The minimum absolute atomic E-state index is 0.521. The number of rotatable bonds is 7. The molecule has 1 aliphatic rings. The van der Waals surface area contributed by atoms with Crippen LogP contribution in [0.5, 0.6) is 0 Å². The third-order valence-electron chi connectivity index (χ3n) is 3.06. The van der Waals surface area contributed by atoms with Crippen LogP contribution in [0, 0.1) is 0 Å². The normalized spacial score (nSPS) is 14.8. The number of nitrogens with zero attached hydrogens (tertiary/aromatic N) is 3. The second kappa shape index (κ2) is 6.34. The SMILES string of the molecule is CCOCCN(CC)c1cc(Cl)nc(C2CC2)n1. The summed E-state index contributed by atoms with van der Waals surface area (Å²) in [6.07, 6.45) is 2.37. The van der Waals surface area contributed by atoms with Crippen molar-refractivity contribution >= 4 is 17.4 Å². The van der Waals surface area contributed by atoms with Crippen LogP contribution in [-0.4, -0.2) is 36.3 Å². The van der Waals surface area contributed by atoms with Crippen LogP contribution in [0.4, 0.5) is 5.82 Å². The number of aromatic nitrogens is 2. The lowest BCUT2D eigenvalue weighted by Gasteiger charge is -2.22. The van der Waals surface area contributed by atoms with Crippen molar-refractivity contribution < 1.29 is 4.74 Å². The average Bonchev–Trinajstić information content (AvgIpc) is 3.18.